The van der Waals surface area contributed by atoms with E-state index in [1.54, 1.807) is 68.9 Å². The van der Waals surface area contributed by atoms with E-state index in [-0.39, 0.29) is 42.7 Å². The van der Waals surface area contributed by atoms with Crippen LogP contribution in [-0.2, 0) is 13.1 Å². The lowest BCUT2D eigenvalue weighted by Gasteiger charge is -2.23. The first-order valence-electron chi connectivity index (χ1n) is 13.3. The van der Waals surface area contributed by atoms with Crippen molar-refractivity contribution in [1.82, 2.24) is 14.9 Å². The van der Waals surface area contributed by atoms with Crippen LogP contribution in [0.2, 0.25) is 10.0 Å². The molecule has 2 N–H and O–H groups in total. The minimum absolute atomic E-state index is 0.0307. The summed E-state index contributed by atoms with van der Waals surface area (Å²) in [7, 11) is 3.11. The Morgan fingerprint density at radius 2 is 1.76 bits per heavy atom. The zero-order valence-corrected chi connectivity index (χ0v) is 24.9. The number of ether oxygens (including phenoxy) is 2. The minimum Gasteiger partial charge on any atom is -0.497 e. The van der Waals surface area contributed by atoms with Gasteiger partial charge in [0.25, 0.3) is 11.5 Å². The molecule has 0 aliphatic rings. The molecule has 0 saturated heterocycles. The molecule has 0 saturated carbocycles. The summed E-state index contributed by atoms with van der Waals surface area (Å²) < 4.78 is 12.2. The van der Waals surface area contributed by atoms with Crippen LogP contribution < -0.4 is 20.3 Å². The number of amides is 1. The normalized spacial score (nSPS) is 12.0. The third kappa shape index (κ3) is 6.67. The highest BCUT2D eigenvalue weighted by Crippen LogP contribution is 2.35. The van der Waals surface area contributed by atoms with Gasteiger partial charge >= 0.3 is 0 Å². The number of rotatable bonds is 11. The molecule has 4 rings (SSSR count). The molecule has 216 valence electrons. The molecule has 2 aromatic carbocycles. The van der Waals surface area contributed by atoms with E-state index in [1.807, 2.05) is 13.8 Å². The fourth-order valence-corrected chi connectivity index (χ4v) is 5.13. The number of carbonyl (C=O) groups excluding carboxylic acids is 1. The number of methoxy groups -OCH3 is 2. The first kappa shape index (κ1) is 30.4. The van der Waals surface area contributed by atoms with Crippen LogP contribution in [0.3, 0.4) is 0 Å². The molecule has 1 unspecified atom stereocenters. The predicted octanol–water partition coefficient (Wildman–Crippen LogP) is 5.97. The van der Waals surface area contributed by atoms with Gasteiger partial charge in [-0.3, -0.25) is 14.6 Å². The zero-order chi connectivity index (χ0) is 29.7. The molecular weight excluding hydrogens is 565 g/mol. The molecule has 10 heteroatoms. The number of aromatic nitrogens is 2. The van der Waals surface area contributed by atoms with Gasteiger partial charge in [0, 0.05) is 42.9 Å². The van der Waals surface area contributed by atoms with Crippen molar-refractivity contribution in [3.05, 3.63) is 86.4 Å². The standard InChI is InChI=1S/C31H33Cl2N3O5/c1-18(2)21(17-37)9-11-36-29(30(38)35-16-19-12-22(40-3)15-23(13-19)41-4)27(20-7-8-25(32)26(33)14-20)24-6-5-10-34-28(24)31(36)39/h5-8,10,12-15,18,21,37H,9,11,16-17H2,1-4H3,(H,35,38). The van der Waals surface area contributed by atoms with Crippen LogP contribution >= 0.6 is 23.2 Å². The maximum absolute atomic E-state index is 14.1. The van der Waals surface area contributed by atoms with Crippen molar-refractivity contribution in [3.63, 3.8) is 0 Å². The van der Waals surface area contributed by atoms with Crippen LogP contribution in [0.5, 0.6) is 11.5 Å². The first-order chi connectivity index (χ1) is 19.7. The van der Waals surface area contributed by atoms with Gasteiger partial charge in [-0.25, -0.2) is 0 Å². The Labute approximate surface area is 248 Å². The molecule has 8 nitrogen and oxygen atoms in total. The smallest absolute Gasteiger partial charge is 0.277 e. The Kier molecular flexibility index (Phi) is 9.91. The molecule has 2 aromatic heterocycles. The molecule has 1 amide bonds. The molecule has 0 spiro atoms. The summed E-state index contributed by atoms with van der Waals surface area (Å²) in [6.45, 7) is 4.36. The van der Waals surface area contributed by atoms with Crippen molar-refractivity contribution >= 4 is 40.0 Å². The molecule has 4 aromatic rings. The van der Waals surface area contributed by atoms with Crippen molar-refractivity contribution in [1.29, 1.82) is 0 Å². The van der Waals surface area contributed by atoms with Crippen LogP contribution in [-0.4, -0.2) is 41.4 Å². The lowest BCUT2D eigenvalue weighted by Crippen LogP contribution is -2.34. The number of aliphatic hydroxyl groups is 1. The highest BCUT2D eigenvalue weighted by molar-refractivity contribution is 6.42. The van der Waals surface area contributed by atoms with Gasteiger partial charge in [-0.15, -0.1) is 0 Å². The summed E-state index contributed by atoms with van der Waals surface area (Å²) in [5, 5.41) is 14.1. The molecule has 41 heavy (non-hydrogen) atoms. The van der Waals surface area contributed by atoms with Crippen LogP contribution in [0.15, 0.2) is 59.5 Å². The number of fused-ring (bicyclic) bond motifs is 1. The summed E-state index contributed by atoms with van der Waals surface area (Å²) in [5.41, 5.74) is 1.89. The van der Waals surface area contributed by atoms with E-state index < -0.39 is 11.5 Å². The largest absolute Gasteiger partial charge is 0.497 e. The van der Waals surface area contributed by atoms with E-state index in [0.717, 1.165) is 5.56 Å². The quantitative estimate of drug-likeness (QED) is 0.221. The van der Waals surface area contributed by atoms with Crippen LogP contribution in [0.4, 0.5) is 0 Å². The van der Waals surface area contributed by atoms with Gasteiger partial charge in [-0.1, -0.05) is 49.2 Å². The topological polar surface area (TPSA) is 103 Å². The van der Waals surface area contributed by atoms with Crippen molar-refractivity contribution in [2.45, 2.75) is 33.4 Å². The fourth-order valence-electron chi connectivity index (χ4n) is 4.83. The Morgan fingerprint density at radius 1 is 1.05 bits per heavy atom. The number of carbonyl (C=O) groups is 1. The number of hydrogen-bond acceptors (Lipinski definition) is 6. The maximum Gasteiger partial charge on any atom is 0.277 e. The molecule has 0 aliphatic heterocycles. The van der Waals surface area contributed by atoms with E-state index in [2.05, 4.69) is 10.3 Å². The summed E-state index contributed by atoms with van der Waals surface area (Å²) in [6, 6.07) is 13.9. The Morgan fingerprint density at radius 3 is 2.37 bits per heavy atom. The number of halogens is 2. The molecular formula is C31H33Cl2N3O5. The van der Waals surface area contributed by atoms with Gasteiger partial charge in [0.1, 0.15) is 22.7 Å². The highest BCUT2D eigenvalue weighted by Gasteiger charge is 2.25. The van der Waals surface area contributed by atoms with E-state index >= 15 is 0 Å². The number of aliphatic hydroxyl groups excluding tert-OH is 1. The van der Waals surface area contributed by atoms with Gasteiger partial charge in [0.2, 0.25) is 0 Å². The predicted molar refractivity (Wildman–Crippen MR) is 162 cm³/mol. The lowest BCUT2D eigenvalue weighted by molar-refractivity contribution is 0.0939. The van der Waals surface area contributed by atoms with Crippen molar-refractivity contribution in [3.8, 4) is 22.6 Å². The van der Waals surface area contributed by atoms with Crippen LogP contribution in [0.1, 0.15) is 36.3 Å². The monoisotopic (exact) mass is 597 g/mol. The average molecular weight is 599 g/mol. The summed E-state index contributed by atoms with van der Waals surface area (Å²) in [4.78, 5) is 32.3. The van der Waals surface area contributed by atoms with Crippen LogP contribution in [0, 0.1) is 11.8 Å². The highest BCUT2D eigenvalue weighted by atomic mass is 35.5. The zero-order valence-electron chi connectivity index (χ0n) is 23.4. The molecule has 0 aliphatic carbocycles. The van der Waals surface area contributed by atoms with Gasteiger partial charge in [-0.2, -0.15) is 0 Å². The van der Waals surface area contributed by atoms with Gasteiger partial charge in [-0.05, 0) is 59.7 Å². The SMILES string of the molecule is COc1cc(CNC(=O)c2c(-c3ccc(Cl)c(Cl)c3)c3cccnc3c(=O)n2CCC(CO)C(C)C)cc(OC)c1. The van der Waals surface area contributed by atoms with Crippen LogP contribution in [0.25, 0.3) is 22.0 Å². The van der Waals surface area contributed by atoms with Crippen molar-refractivity contribution < 1.29 is 19.4 Å². The Balaban J connectivity index is 1.90. The van der Waals surface area contributed by atoms with Gasteiger partial charge < -0.3 is 24.5 Å². The second-order valence-corrected chi connectivity index (χ2v) is 10.9. The molecule has 2 heterocycles. The Bertz CT molecular complexity index is 1600. The number of pyridine rings is 2. The second kappa shape index (κ2) is 13.4. The fraction of sp³-hybridized carbons (Fsp3) is 0.323. The van der Waals surface area contributed by atoms with E-state index in [4.69, 9.17) is 32.7 Å². The molecule has 1 atom stereocenters. The van der Waals surface area contributed by atoms with Crippen molar-refractivity contribution in [2.24, 2.45) is 11.8 Å². The minimum atomic E-state index is -0.458. The second-order valence-electron chi connectivity index (χ2n) is 10.1. The number of nitrogens with zero attached hydrogens (tertiary/aromatic N) is 2. The summed E-state index contributed by atoms with van der Waals surface area (Å²) in [5.74, 6) is 0.838. The van der Waals surface area contributed by atoms with E-state index in [9.17, 15) is 14.7 Å². The van der Waals surface area contributed by atoms with Crippen molar-refractivity contribution in [2.75, 3.05) is 20.8 Å². The summed E-state index contributed by atoms with van der Waals surface area (Å²) in [6.07, 6.45) is 2.04. The number of benzene rings is 2. The van der Waals surface area contributed by atoms with Gasteiger partial charge in [0.05, 0.1) is 24.3 Å². The molecule has 0 bridgehead atoms. The molecule has 0 fully saturated rings. The molecule has 0 radical (unpaired) electrons. The lowest BCUT2D eigenvalue weighted by atomic mass is 9.93. The Hall–Kier alpha value is -3.59. The van der Waals surface area contributed by atoms with E-state index in [0.29, 0.717) is 44.5 Å². The summed E-state index contributed by atoms with van der Waals surface area (Å²) >= 11 is 12.6. The van der Waals surface area contributed by atoms with E-state index in [1.165, 1.54) is 4.57 Å². The number of hydrogen-bond donors (Lipinski definition) is 2. The third-order valence-electron chi connectivity index (χ3n) is 7.22. The van der Waals surface area contributed by atoms with Gasteiger partial charge in [0.15, 0.2) is 0 Å². The average Bonchev–Trinajstić information content (AvgIpc) is 2.98. The maximum atomic E-state index is 14.1. The first-order valence-corrected chi connectivity index (χ1v) is 14.0. The third-order valence-corrected chi connectivity index (χ3v) is 7.96. The number of nitrogens with one attached hydrogen (secondary N) is 1.